The van der Waals surface area contributed by atoms with Crippen molar-refractivity contribution in [2.75, 3.05) is 6.54 Å². The Hall–Kier alpha value is -0.530. The summed E-state index contributed by atoms with van der Waals surface area (Å²) in [6.07, 6.45) is 2.92. The van der Waals surface area contributed by atoms with Gasteiger partial charge in [0.15, 0.2) is 0 Å². The Kier molecular flexibility index (Phi) is 3.71. The van der Waals surface area contributed by atoms with E-state index in [0.717, 1.165) is 25.8 Å². The van der Waals surface area contributed by atoms with E-state index in [4.69, 9.17) is 0 Å². The highest BCUT2D eigenvalue weighted by Crippen LogP contribution is 2.42. The molecule has 0 unspecified atom stereocenters. The second-order valence-electron chi connectivity index (χ2n) is 6.69. The van der Waals surface area contributed by atoms with Gasteiger partial charge in [-0.05, 0) is 38.0 Å². The fourth-order valence-electron chi connectivity index (χ4n) is 2.88. The number of nitrogens with zero attached hydrogens (tertiary/aromatic N) is 1. The van der Waals surface area contributed by atoms with Gasteiger partial charge < -0.3 is 4.90 Å². The molecule has 2 nitrogen and oxygen atoms in total. The minimum Gasteiger partial charge on any atom is -0.337 e. The molecule has 0 N–H and O–H groups in total. The summed E-state index contributed by atoms with van der Waals surface area (Å²) in [5.74, 6) is 1.01. The maximum absolute atomic E-state index is 11.9. The molecule has 1 aliphatic rings. The van der Waals surface area contributed by atoms with Gasteiger partial charge in [-0.2, -0.15) is 0 Å². The molecule has 1 amide bonds. The highest BCUT2D eigenvalue weighted by Gasteiger charge is 2.45. The summed E-state index contributed by atoms with van der Waals surface area (Å²) in [5.41, 5.74) is 0.131. The lowest BCUT2D eigenvalue weighted by atomic mass is 9.69. The van der Waals surface area contributed by atoms with Crippen molar-refractivity contribution in [2.24, 2.45) is 11.3 Å². The molecule has 0 aliphatic carbocycles. The smallest absolute Gasteiger partial charge is 0.223 e. The summed E-state index contributed by atoms with van der Waals surface area (Å²) in [4.78, 5) is 14.0. The van der Waals surface area contributed by atoms with Gasteiger partial charge in [-0.3, -0.25) is 4.79 Å². The Morgan fingerprint density at radius 2 is 1.81 bits per heavy atom. The van der Waals surface area contributed by atoms with E-state index in [-0.39, 0.29) is 11.0 Å². The molecule has 1 fully saturated rings. The van der Waals surface area contributed by atoms with Gasteiger partial charge in [0.1, 0.15) is 0 Å². The van der Waals surface area contributed by atoms with Crippen LogP contribution in [0.1, 0.15) is 60.8 Å². The first-order valence-electron chi connectivity index (χ1n) is 6.49. The Bertz CT molecular complexity index is 266. The summed E-state index contributed by atoms with van der Waals surface area (Å²) < 4.78 is 0. The quantitative estimate of drug-likeness (QED) is 0.717. The van der Waals surface area contributed by atoms with E-state index in [1.807, 2.05) is 0 Å². The first kappa shape index (κ1) is 13.5. The maximum Gasteiger partial charge on any atom is 0.223 e. The summed E-state index contributed by atoms with van der Waals surface area (Å²) in [6.45, 7) is 14.5. The zero-order chi connectivity index (χ0) is 12.6. The highest BCUT2D eigenvalue weighted by atomic mass is 16.2. The lowest BCUT2D eigenvalue weighted by Crippen LogP contribution is -2.54. The number of carbonyl (C=O) groups is 1. The van der Waals surface area contributed by atoms with Crippen LogP contribution in [0.3, 0.4) is 0 Å². The predicted molar refractivity (Wildman–Crippen MR) is 68.3 cm³/mol. The molecule has 2 heteroatoms. The van der Waals surface area contributed by atoms with Crippen LogP contribution < -0.4 is 0 Å². The maximum atomic E-state index is 11.9. The molecule has 0 aromatic heterocycles. The van der Waals surface area contributed by atoms with Crippen molar-refractivity contribution < 1.29 is 4.79 Å². The zero-order valence-electron chi connectivity index (χ0n) is 11.8. The van der Waals surface area contributed by atoms with Crippen LogP contribution in [0.4, 0.5) is 0 Å². The van der Waals surface area contributed by atoms with Gasteiger partial charge in [0.25, 0.3) is 0 Å². The Morgan fingerprint density at radius 1 is 1.25 bits per heavy atom. The molecule has 0 atom stereocenters. The van der Waals surface area contributed by atoms with Crippen molar-refractivity contribution in [2.45, 2.75) is 66.3 Å². The first-order chi connectivity index (χ1) is 7.18. The molecule has 94 valence electrons. The number of rotatable bonds is 4. The van der Waals surface area contributed by atoms with Crippen LogP contribution in [0, 0.1) is 11.3 Å². The Balaban J connectivity index is 2.86. The normalized spacial score (nSPS) is 18.7. The summed E-state index contributed by atoms with van der Waals surface area (Å²) in [6, 6.07) is 0. The van der Waals surface area contributed by atoms with Gasteiger partial charge >= 0.3 is 0 Å². The molecule has 0 aromatic carbocycles. The second-order valence-corrected chi connectivity index (χ2v) is 6.69. The number of carbonyl (C=O) groups excluding carboxylic acids is 1. The molecule has 0 aromatic rings. The minimum absolute atomic E-state index is 0.0369. The van der Waals surface area contributed by atoms with Crippen molar-refractivity contribution in [3.05, 3.63) is 0 Å². The van der Waals surface area contributed by atoms with Gasteiger partial charge in [0.05, 0.1) is 0 Å². The Labute approximate surface area is 100 Å². The van der Waals surface area contributed by atoms with Crippen LogP contribution in [-0.4, -0.2) is 22.9 Å². The molecule has 1 rings (SSSR count). The molecule has 0 saturated carbocycles. The van der Waals surface area contributed by atoms with Crippen LogP contribution in [0.15, 0.2) is 0 Å². The lowest BCUT2D eigenvalue weighted by Gasteiger charge is -2.49. The standard InChI is InChI=1S/C14H27NO/c1-11(2)10-13(3,4)14(5,6)15-9-7-8-12(15)16/h11H,7-10H2,1-6H3. The van der Waals surface area contributed by atoms with Gasteiger partial charge in [-0.1, -0.05) is 27.7 Å². The third-order valence-electron chi connectivity index (χ3n) is 4.32. The minimum atomic E-state index is -0.0369. The van der Waals surface area contributed by atoms with Crippen LogP contribution in [0.5, 0.6) is 0 Å². The van der Waals surface area contributed by atoms with Crippen LogP contribution in [0.2, 0.25) is 0 Å². The van der Waals surface area contributed by atoms with Crippen LogP contribution in [-0.2, 0) is 4.79 Å². The van der Waals surface area contributed by atoms with Crippen molar-refractivity contribution in [1.29, 1.82) is 0 Å². The molecular weight excluding hydrogens is 198 g/mol. The van der Waals surface area contributed by atoms with E-state index >= 15 is 0 Å². The van der Waals surface area contributed by atoms with E-state index in [9.17, 15) is 4.79 Å². The topological polar surface area (TPSA) is 20.3 Å². The summed E-state index contributed by atoms with van der Waals surface area (Å²) in [7, 11) is 0. The third kappa shape index (κ3) is 2.41. The largest absolute Gasteiger partial charge is 0.337 e. The second kappa shape index (κ2) is 4.38. The van der Waals surface area contributed by atoms with Crippen molar-refractivity contribution in [1.82, 2.24) is 4.90 Å². The fraction of sp³-hybridized carbons (Fsp3) is 0.929. The van der Waals surface area contributed by atoms with E-state index in [1.165, 1.54) is 0 Å². The molecule has 1 saturated heterocycles. The van der Waals surface area contributed by atoms with E-state index in [0.29, 0.717) is 11.8 Å². The van der Waals surface area contributed by atoms with Gasteiger partial charge in [-0.25, -0.2) is 0 Å². The summed E-state index contributed by atoms with van der Waals surface area (Å²) in [5, 5.41) is 0. The molecule has 1 heterocycles. The highest BCUT2D eigenvalue weighted by molar-refractivity contribution is 5.79. The average Bonchev–Trinajstić information content (AvgIpc) is 2.48. The van der Waals surface area contributed by atoms with E-state index < -0.39 is 0 Å². The molecule has 1 aliphatic heterocycles. The third-order valence-corrected chi connectivity index (χ3v) is 4.32. The Morgan fingerprint density at radius 3 is 2.19 bits per heavy atom. The van der Waals surface area contributed by atoms with E-state index in [2.05, 4.69) is 46.4 Å². The number of amides is 1. The molecule has 16 heavy (non-hydrogen) atoms. The van der Waals surface area contributed by atoms with Crippen molar-refractivity contribution in [3.8, 4) is 0 Å². The molecule has 0 spiro atoms. The fourth-order valence-corrected chi connectivity index (χ4v) is 2.88. The van der Waals surface area contributed by atoms with E-state index in [1.54, 1.807) is 0 Å². The first-order valence-corrected chi connectivity index (χ1v) is 6.49. The monoisotopic (exact) mass is 225 g/mol. The van der Waals surface area contributed by atoms with Crippen molar-refractivity contribution >= 4 is 5.91 Å². The molecule has 0 radical (unpaired) electrons. The lowest BCUT2D eigenvalue weighted by molar-refractivity contribution is -0.137. The van der Waals surface area contributed by atoms with Gasteiger partial charge in [0, 0.05) is 18.5 Å². The van der Waals surface area contributed by atoms with Crippen LogP contribution >= 0.6 is 0 Å². The van der Waals surface area contributed by atoms with Gasteiger partial charge in [0.2, 0.25) is 5.91 Å². The number of hydrogen-bond donors (Lipinski definition) is 0. The molecular formula is C14H27NO. The number of hydrogen-bond acceptors (Lipinski definition) is 1. The van der Waals surface area contributed by atoms with Crippen molar-refractivity contribution in [3.63, 3.8) is 0 Å². The predicted octanol–water partition coefficient (Wildman–Crippen LogP) is 3.46. The number of likely N-dealkylation sites (tertiary alicyclic amines) is 1. The molecule has 0 bridgehead atoms. The SMILES string of the molecule is CC(C)CC(C)(C)C(C)(C)N1CCCC1=O. The zero-order valence-corrected chi connectivity index (χ0v) is 11.8. The average molecular weight is 225 g/mol. The van der Waals surface area contributed by atoms with Gasteiger partial charge in [-0.15, -0.1) is 0 Å². The summed E-state index contributed by atoms with van der Waals surface area (Å²) >= 11 is 0. The van der Waals surface area contributed by atoms with Crippen LogP contribution in [0.25, 0.3) is 0 Å².